The Morgan fingerprint density at radius 3 is 2.74 bits per heavy atom. The summed E-state index contributed by atoms with van der Waals surface area (Å²) in [5.74, 6) is 0.282. The molecule has 23 heavy (non-hydrogen) atoms. The second kappa shape index (κ2) is 7.68. The number of carbonyl (C=O) groups is 2. The highest BCUT2D eigenvalue weighted by Gasteiger charge is 2.39. The van der Waals surface area contributed by atoms with Crippen LogP contribution in [0.15, 0.2) is 24.3 Å². The van der Waals surface area contributed by atoms with Gasteiger partial charge in [0, 0.05) is 6.54 Å². The number of hydrogen-bond donors (Lipinski definition) is 2. The van der Waals surface area contributed by atoms with Crippen LogP contribution in [0.2, 0.25) is 0 Å². The number of rotatable bonds is 7. The van der Waals surface area contributed by atoms with Crippen molar-refractivity contribution in [1.29, 1.82) is 0 Å². The number of methoxy groups -OCH3 is 1. The molecular weight excluding hydrogens is 326 g/mol. The average molecular weight is 341 g/mol. The summed E-state index contributed by atoms with van der Waals surface area (Å²) in [4.78, 5) is 37.9. The number of nitrogens with zero attached hydrogens (tertiary/aromatic N) is 1. The van der Waals surface area contributed by atoms with E-state index in [-0.39, 0.29) is 24.3 Å². The van der Waals surface area contributed by atoms with Gasteiger partial charge >= 0.3 is 0 Å². The highest BCUT2D eigenvalue weighted by Crippen LogP contribution is 2.34. The molecule has 10 heteroatoms. The van der Waals surface area contributed by atoms with Gasteiger partial charge < -0.3 is 20.2 Å². The minimum atomic E-state index is -0.929. The first-order valence-corrected chi connectivity index (χ1v) is 7.55. The highest BCUT2D eigenvalue weighted by molar-refractivity contribution is 8.15. The van der Waals surface area contributed by atoms with Gasteiger partial charge in [0.05, 0.1) is 13.2 Å². The van der Waals surface area contributed by atoms with Gasteiger partial charge in [-0.2, -0.15) is 0 Å². The van der Waals surface area contributed by atoms with Crippen molar-refractivity contribution in [2.75, 3.05) is 20.3 Å². The molecule has 9 nitrogen and oxygen atoms in total. The summed E-state index contributed by atoms with van der Waals surface area (Å²) in [6.45, 7) is -0.259. The molecule has 0 aliphatic carbocycles. The zero-order valence-electron chi connectivity index (χ0n) is 12.2. The molecule has 124 valence electrons. The zero-order valence-corrected chi connectivity index (χ0v) is 13.0. The van der Waals surface area contributed by atoms with E-state index >= 15 is 0 Å². The Morgan fingerprint density at radius 1 is 1.43 bits per heavy atom. The Morgan fingerprint density at radius 2 is 2.13 bits per heavy atom. The van der Waals surface area contributed by atoms with Gasteiger partial charge in [-0.3, -0.25) is 9.59 Å². The summed E-state index contributed by atoms with van der Waals surface area (Å²) in [7, 11) is 1.55. The molecule has 1 saturated heterocycles. The van der Waals surface area contributed by atoms with E-state index in [1.165, 1.54) is 0 Å². The minimum Gasteiger partial charge on any atom is -0.497 e. The highest BCUT2D eigenvalue weighted by atomic mass is 32.2. The van der Waals surface area contributed by atoms with Crippen molar-refractivity contribution in [2.45, 2.75) is 11.3 Å². The van der Waals surface area contributed by atoms with Crippen molar-refractivity contribution < 1.29 is 24.3 Å². The molecule has 2 N–H and O–H groups in total. The van der Waals surface area contributed by atoms with Crippen LogP contribution in [0, 0.1) is 10.1 Å². The third kappa shape index (κ3) is 4.49. The van der Waals surface area contributed by atoms with E-state index in [0.717, 1.165) is 17.3 Å². The molecule has 1 aromatic rings. The fraction of sp³-hybridized carbons (Fsp3) is 0.385. The van der Waals surface area contributed by atoms with Gasteiger partial charge in [0.25, 0.3) is 10.3 Å². The van der Waals surface area contributed by atoms with E-state index < -0.39 is 16.4 Å². The van der Waals surface area contributed by atoms with Crippen LogP contribution < -0.4 is 15.4 Å². The molecule has 1 aliphatic rings. The monoisotopic (exact) mass is 341 g/mol. The zero-order chi connectivity index (χ0) is 16.8. The second-order valence-electron chi connectivity index (χ2n) is 4.57. The van der Waals surface area contributed by atoms with Gasteiger partial charge in [-0.15, -0.1) is 10.1 Å². The van der Waals surface area contributed by atoms with E-state index in [1.807, 2.05) is 0 Å². The normalized spacial score (nSPS) is 19.8. The molecule has 2 amide bonds. The van der Waals surface area contributed by atoms with Gasteiger partial charge in [-0.05, 0) is 29.5 Å². The largest absolute Gasteiger partial charge is 0.497 e. The van der Waals surface area contributed by atoms with Crippen LogP contribution in [-0.4, -0.2) is 41.7 Å². The van der Waals surface area contributed by atoms with Crippen molar-refractivity contribution in [2.24, 2.45) is 0 Å². The van der Waals surface area contributed by atoms with Gasteiger partial charge in [-0.25, -0.2) is 0 Å². The summed E-state index contributed by atoms with van der Waals surface area (Å²) in [5.41, 5.74) is 0.769. The van der Waals surface area contributed by atoms with Crippen LogP contribution in [0.1, 0.15) is 11.6 Å². The molecular formula is C13H15N3O6S. The molecule has 0 aromatic heterocycles. The number of benzene rings is 1. The fourth-order valence-electron chi connectivity index (χ4n) is 2.09. The van der Waals surface area contributed by atoms with Crippen LogP contribution in [0.5, 0.6) is 5.75 Å². The quantitative estimate of drug-likeness (QED) is 0.429. The summed E-state index contributed by atoms with van der Waals surface area (Å²) in [6, 6.07) is 6.54. The first-order valence-electron chi connectivity index (χ1n) is 6.67. The SMILES string of the molecule is COc1ccc(C2NC(=O)SC2C(=O)NCCO[N+](=O)[O-])cc1. The summed E-state index contributed by atoms with van der Waals surface area (Å²) in [6.07, 6.45) is 0. The standard InChI is InChI=1S/C13H15N3O6S/c1-21-9-4-2-8(3-5-9)10-11(23-13(18)15-10)12(17)14-6-7-22-16(19)20/h2-5,10-11H,6-7H2,1H3,(H,14,17)(H,15,18). The average Bonchev–Trinajstić information content (AvgIpc) is 2.93. The Kier molecular flexibility index (Phi) is 5.63. The Balaban J connectivity index is 1.99. The van der Waals surface area contributed by atoms with Crippen molar-refractivity contribution in [1.82, 2.24) is 10.6 Å². The van der Waals surface area contributed by atoms with E-state index in [1.54, 1.807) is 31.4 Å². The Labute approximate surface area is 135 Å². The van der Waals surface area contributed by atoms with Crippen LogP contribution in [0.3, 0.4) is 0 Å². The van der Waals surface area contributed by atoms with Gasteiger partial charge in [-0.1, -0.05) is 12.1 Å². The van der Waals surface area contributed by atoms with Crippen molar-refractivity contribution >= 4 is 22.9 Å². The first-order chi connectivity index (χ1) is 11.0. The lowest BCUT2D eigenvalue weighted by Crippen LogP contribution is -2.38. The lowest BCUT2D eigenvalue weighted by Gasteiger charge is -2.18. The van der Waals surface area contributed by atoms with Crippen molar-refractivity contribution in [3.05, 3.63) is 39.9 Å². The molecule has 0 bridgehead atoms. The number of amides is 2. The molecule has 2 unspecified atom stereocenters. The molecule has 2 atom stereocenters. The first kappa shape index (κ1) is 16.9. The van der Waals surface area contributed by atoms with Crippen LogP contribution in [0.4, 0.5) is 4.79 Å². The molecule has 1 fully saturated rings. The topological polar surface area (TPSA) is 120 Å². The maximum atomic E-state index is 12.2. The number of thioether (sulfide) groups is 1. The maximum absolute atomic E-state index is 12.2. The van der Waals surface area contributed by atoms with E-state index in [0.29, 0.717) is 5.75 Å². The number of nitrogens with one attached hydrogen (secondary N) is 2. The second-order valence-corrected chi connectivity index (χ2v) is 5.68. The third-order valence-electron chi connectivity index (χ3n) is 3.14. The van der Waals surface area contributed by atoms with E-state index in [2.05, 4.69) is 15.5 Å². The predicted molar refractivity (Wildman–Crippen MR) is 81.6 cm³/mol. The van der Waals surface area contributed by atoms with Crippen molar-refractivity contribution in [3.63, 3.8) is 0 Å². The van der Waals surface area contributed by atoms with Gasteiger partial charge in [0.1, 0.15) is 17.6 Å². The Hall–Kier alpha value is -2.49. The molecule has 1 heterocycles. The predicted octanol–water partition coefficient (Wildman–Crippen LogP) is 0.886. The molecule has 1 aromatic carbocycles. The summed E-state index contributed by atoms with van der Waals surface area (Å²) < 4.78 is 5.07. The van der Waals surface area contributed by atoms with Gasteiger partial charge in [0.2, 0.25) is 5.91 Å². The summed E-state index contributed by atoms with van der Waals surface area (Å²) in [5, 5.41) is 13.4. The third-order valence-corrected chi connectivity index (χ3v) is 4.21. The molecule has 0 radical (unpaired) electrons. The van der Waals surface area contributed by atoms with Gasteiger partial charge in [0.15, 0.2) is 0 Å². The van der Waals surface area contributed by atoms with Crippen molar-refractivity contribution in [3.8, 4) is 5.75 Å². The van der Waals surface area contributed by atoms with E-state index in [4.69, 9.17) is 4.74 Å². The van der Waals surface area contributed by atoms with Crippen LogP contribution >= 0.6 is 11.8 Å². The van der Waals surface area contributed by atoms with E-state index in [9.17, 15) is 19.7 Å². The molecule has 0 spiro atoms. The number of ether oxygens (including phenoxy) is 1. The smallest absolute Gasteiger partial charge is 0.294 e. The summed E-state index contributed by atoms with van der Waals surface area (Å²) >= 11 is 0.883. The maximum Gasteiger partial charge on any atom is 0.294 e. The van der Waals surface area contributed by atoms with Crippen LogP contribution in [-0.2, 0) is 9.63 Å². The fourth-order valence-corrected chi connectivity index (χ4v) is 3.07. The minimum absolute atomic E-state index is 0.0135. The lowest BCUT2D eigenvalue weighted by molar-refractivity contribution is -0.757. The molecule has 1 aliphatic heterocycles. The number of hydrogen-bond acceptors (Lipinski definition) is 7. The van der Waals surface area contributed by atoms with Crippen LogP contribution in [0.25, 0.3) is 0 Å². The lowest BCUT2D eigenvalue weighted by atomic mass is 10.0. The molecule has 0 saturated carbocycles. The number of carbonyl (C=O) groups excluding carboxylic acids is 2. The molecule has 2 rings (SSSR count). The Bertz CT molecular complexity index is 594.